The maximum absolute atomic E-state index is 11.5. The summed E-state index contributed by atoms with van der Waals surface area (Å²) in [5, 5.41) is 9.45. The zero-order valence-electron chi connectivity index (χ0n) is 10.9. The van der Waals surface area contributed by atoms with Gasteiger partial charge in [0.2, 0.25) is 0 Å². The molecule has 0 amide bonds. The molecule has 3 nitrogen and oxygen atoms in total. The second-order valence-electron chi connectivity index (χ2n) is 5.24. The molecule has 1 saturated heterocycles. The monoisotopic (exact) mass is 247 g/mol. The number of benzene rings is 1. The van der Waals surface area contributed by atoms with Gasteiger partial charge in [0.1, 0.15) is 0 Å². The molecule has 18 heavy (non-hydrogen) atoms. The minimum absolute atomic E-state index is 0.535. The van der Waals surface area contributed by atoms with Gasteiger partial charge in [-0.1, -0.05) is 37.3 Å². The van der Waals surface area contributed by atoms with Crippen molar-refractivity contribution in [2.45, 2.75) is 32.7 Å². The minimum Gasteiger partial charge on any atom is -0.481 e. The molecule has 0 bridgehead atoms. The van der Waals surface area contributed by atoms with Gasteiger partial charge in [-0.2, -0.15) is 0 Å². The predicted molar refractivity (Wildman–Crippen MR) is 71.3 cm³/mol. The number of carbonyl (C=O) groups is 1. The number of carboxylic acid groups (broad SMARTS) is 1. The molecule has 1 aliphatic heterocycles. The predicted octanol–water partition coefficient (Wildman–Crippen LogP) is 2.76. The van der Waals surface area contributed by atoms with Gasteiger partial charge in [-0.15, -0.1) is 0 Å². The summed E-state index contributed by atoms with van der Waals surface area (Å²) in [5.74, 6) is -0.636. The number of hydrogen-bond donors (Lipinski definition) is 1. The number of nitrogens with zero attached hydrogens (tertiary/aromatic N) is 1. The quantitative estimate of drug-likeness (QED) is 0.889. The maximum Gasteiger partial charge on any atom is 0.310 e. The number of likely N-dealkylation sites (tertiary alicyclic amines) is 1. The molecule has 0 radical (unpaired) electrons. The third-order valence-electron chi connectivity index (χ3n) is 4.04. The van der Waals surface area contributed by atoms with Crippen LogP contribution in [0.4, 0.5) is 0 Å². The minimum atomic E-state index is -0.636. The fourth-order valence-corrected chi connectivity index (χ4v) is 2.82. The van der Waals surface area contributed by atoms with Crippen LogP contribution < -0.4 is 0 Å². The summed E-state index contributed by atoms with van der Waals surface area (Å²) in [6.45, 7) is 4.52. The summed E-state index contributed by atoms with van der Waals surface area (Å²) >= 11 is 0. The van der Waals surface area contributed by atoms with Crippen molar-refractivity contribution in [1.82, 2.24) is 4.90 Å². The Labute approximate surface area is 108 Å². The largest absolute Gasteiger partial charge is 0.481 e. The number of hydrogen-bond acceptors (Lipinski definition) is 2. The molecule has 0 aliphatic carbocycles. The molecule has 1 aromatic carbocycles. The van der Waals surface area contributed by atoms with Gasteiger partial charge in [0.15, 0.2) is 0 Å². The number of carboxylic acids is 1. The fraction of sp³-hybridized carbons (Fsp3) is 0.533. The van der Waals surface area contributed by atoms with Crippen LogP contribution in [0.3, 0.4) is 0 Å². The highest BCUT2D eigenvalue weighted by Crippen LogP contribution is 2.34. The van der Waals surface area contributed by atoms with Crippen molar-refractivity contribution in [1.29, 1.82) is 0 Å². The first kappa shape index (κ1) is 13.1. The van der Waals surface area contributed by atoms with Crippen molar-refractivity contribution >= 4 is 5.97 Å². The van der Waals surface area contributed by atoms with Gasteiger partial charge in [0, 0.05) is 13.1 Å². The average Bonchev–Trinajstić information content (AvgIpc) is 2.40. The topological polar surface area (TPSA) is 40.5 Å². The maximum atomic E-state index is 11.5. The Hall–Kier alpha value is -1.35. The van der Waals surface area contributed by atoms with E-state index in [9.17, 15) is 9.90 Å². The summed E-state index contributed by atoms with van der Waals surface area (Å²) in [4.78, 5) is 13.8. The van der Waals surface area contributed by atoms with Gasteiger partial charge in [-0.3, -0.25) is 9.69 Å². The molecule has 1 heterocycles. The first-order valence-electron chi connectivity index (χ1n) is 6.66. The van der Waals surface area contributed by atoms with Gasteiger partial charge in [-0.05, 0) is 31.4 Å². The first-order valence-corrected chi connectivity index (χ1v) is 6.66. The molecule has 1 N–H and O–H groups in total. The fourth-order valence-electron chi connectivity index (χ4n) is 2.82. The molecule has 1 aromatic rings. The van der Waals surface area contributed by atoms with Gasteiger partial charge < -0.3 is 5.11 Å². The van der Waals surface area contributed by atoms with E-state index in [2.05, 4.69) is 17.0 Å². The molecule has 1 aliphatic rings. The number of rotatable bonds is 4. The van der Waals surface area contributed by atoms with E-state index in [4.69, 9.17) is 0 Å². The molecule has 1 atom stereocenters. The second kappa shape index (κ2) is 5.53. The molecule has 0 saturated carbocycles. The lowest BCUT2D eigenvalue weighted by molar-refractivity contribution is -0.153. The molecule has 0 unspecified atom stereocenters. The van der Waals surface area contributed by atoms with Crippen molar-refractivity contribution in [3.63, 3.8) is 0 Å². The van der Waals surface area contributed by atoms with E-state index in [0.717, 1.165) is 25.9 Å². The van der Waals surface area contributed by atoms with Crippen LogP contribution in [0, 0.1) is 5.41 Å². The molecule has 98 valence electrons. The third-order valence-corrected chi connectivity index (χ3v) is 4.04. The lowest BCUT2D eigenvalue weighted by Gasteiger charge is -2.39. The number of piperidine rings is 1. The summed E-state index contributed by atoms with van der Waals surface area (Å²) in [6, 6.07) is 10.3. The zero-order valence-corrected chi connectivity index (χ0v) is 10.9. The van der Waals surface area contributed by atoms with E-state index in [1.54, 1.807) is 0 Å². The molecule has 0 aromatic heterocycles. The van der Waals surface area contributed by atoms with Gasteiger partial charge in [0.25, 0.3) is 0 Å². The van der Waals surface area contributed by atoms with Crippen molar-refractivity contribution in [3.05, 3.63) is 35.9 Å². The normalized spacial score (nSPS) is 24.9. The summed E-state index contributed by atoms with van der Waals surface area (Å²) in [7, 11) is 0. The van der Waals surface area contributed by atoms with E-state index in [1.165, 1.54) is 5.56 Å². The standard InChI is InChI=1S/C15H21NO2/c1-2-15(14(17)18)9-6-10-16(12-15)11-13-7-4-3-5-8-13/h3-5,7-8H,2,6,9-12H2,1H3,(H,17,18)/t15-/m0/s1. The molecule has 2 rings (SSSR count). The Morgan fingerprint density at radius 2 is 2.11 bits per heavy atom. The van der Waals surface area contributed by atoms with E-state index < -0.39 is 11.4 Å². The van der Waals surface area contributed by atoms with Crippen LogP contribution in [0.25, 0.3) is 0 Å². The van der Waals surface area contributed by atoms with Crippen molar-refractivity contribution in [2.24, 2.45) is 5.41 Å². The van der Waals surface area contributed by atoms with Crippen LogP contribution in [0.1, 0.15) is 31.7 Å². The lowest BCUT2D eigenvalue weighted by atomic mass is 9.77. The van der Waals surface area contributed by atoms with E-state index in [-0.39, 0.29) is 0 Å². The van der Waals surface area contributed by atoms with Crippen molar-refractivity contribution in [3.8, 4) is 0 Å². The highest BCUT2D eigenvalue weighted by molar-refractivity contribution is 5.75. The van der Waals surface area contributed by atoms with Crippen LogP contribution in [-0.2, 0) is 11.3 Å². The molecular weight excluding hydrogens is 226 g/mol. The summed E-state index contributed by atoms with van der Waals surface area (Å²) < 4.78 is 0. The third kappa shape index (κ3) is 2.72. The molecular formula is C15H21NO2. The van der Waals surface area contributed by atoms with Crippen LogP contribution in [0.15, 0.2) is 30.3 Å². The first-order chi connectivity index (χ1) is 8.66. The van der Waals surface area contributed by atoms with E-state index in [1.807, 2.05) is 25.1 Å². The Morgan fingerprint density at radius 1 is 1.39 bits per heavy atom. The highest BCUT2D eigenvalue weighted by Gasteiger charge is 2.40. The smallest absolute Gasteiger partial charge is 0.310 e. The lowest BCUT2D eigenvalue weighted by Crippen LogP contribution is -2.47. The van der Waals surface area contributed by atoms with E-state index >= 15 is 0 Å². The Kier molecular flexibility index (Phi) is 4.02. The SMILES string of the molecule is CC[C@]1(C(=O)O)CCCN(Cc2ccccc2)C1. The van der Waals surface area contributed by atoms with Gasteiger partial charge >= 0.3 is 5.97 Å². The summed E-state index contributed by atoms with van der Waals surface area (Å²) in [6.07, 6.45) is 2.50. The molecule has 3 heteroatoms. The van der Waals surface area contributed by atoms with Crippen LogP contribution >= 0.6 is 0 Å². The summed E-state index contributed by atoms with van der Waals surface area (Å²) in [5.41, 5.74) is 0.724. The highest BCUT2D eigenvalue weighted by atomic mass is 16.4. The average molecular weight is 247 g/mol. The zero-order chi connectivity index (χ0) is 13.0. The van der Waals surface area contributed by atoms with Gasteiger partial charge in [0.05, 0.1) is 5.41 Å². The van der Waals surface area contributed by atoms with Crippen LogP contribution in [0.5, 0.6) is 0 Å². The van der Waals surface area contributed by atoms with Crippen molar-refractivity contribution < 1.29 is 9.90 Å². The second-order valence-corrected chi connectivity index (χ2v) is 5.24. The molecule has 1 fully saturated rings. The Bertz CT molecular complexity index is 404. The van der Waals surface area contributed by atoms with E-state index in [0.29, 0.717) is 13.0 Å². The van der Waals surface area contributed by atoms with Crippen molar-refractivity contribution in [2.75, 3.05) is 13.1 Å². The molecule has 0 spiro atoms. The Morgan fingerprint density at radius 3 is 2.72 bits per heavy atom. The van der Waals surface area contributed by atoms with Crippen LogP contribution in [0.2, 0.25) is 0 Å². The van der Waals surface area contributed by atoms with Crippen LogP contribution in [-0.4, -0.2) is 29.1 Å². The van der Waals surface area contributed by atoms with Gasteiger partial charge in [-0.25, -0.2) is 0 Å². The Balaban J connectivity index is 2.05. The number of aliphatic carboxylic acids is 1.